The molecule has 5 N–H and O–H groups in total. The SMILES string of the molecule is CCNC(=O)CCNS(=O)(=O)c1ccc(NN)nc1. The van der Waals surface area contributed by atoms with Crippen LogP contribution in [-0.2, 0) is 14.8 Å². The fourth-order valence-corrected chi connectivity index (χ4v) is 2.27. The van der Waals surface area contributed by atoms with E-state index >= 15 is 0 Å². The quantitative estimate of drug-likeness (QED) is 0.383. The minimum atomic E-state index is -3.66. The van der Waals surface area contributed by atoms with Gasteiger partial charge in [-0.05, 0) is 19.1 Å². The first-order chi connectivity index (χ1) is 8.99. The van der Waals surface area contributed by atoms with Crippen molar-refractivity contribution in [3.63, 3.8) is 0 Å². The Hall–Kier alpha value is -1.71. The van der Waals surface area contributed by atoms with Crippen LogP contribution in [0.3, 0.4) is 0 Å². The monoisotopic (exact) mass is 287 g/mol. The van der Waals surface area contributed by atoms with E-state index in [-0.39, 0.29) is 23.8 Å². The molecule has 1 aromatic heterocycles. The van der Waals surface area contributed by atoms with E-state index in [1.807, 2.05) is 0 Å². The molecule has 8 nitrogen and oxygen atoms in total. The zero-order valence-corrected chi connectivity index (χ0v) is 11.3. The van der Waals surface area contributed by atoms with Crippen LogP contribution in [0.1, 0.15) is 13.3 Å². The largest absolute Gasteiger partial charge is 0.356 e. The summed E-state index contributed by atoms with van der Waals surface area (Å²) in [5, 5.41) is 2.58. The summed E-state index contributed by atoms with van der Waals surface area (Å²) >= 11 is 0. The molecular formula is C10H17N5O3S. The van der Waals surface area contributed by atoms with E-state index in [9.17, 15) is 13.2 Å². The number of hydrogen-bond acceptors (Lipinski definition) is 6. The van der Waals surface area contributed by atoms with Crippen molar-refractivity contribution < 1.29 is 13.2 Å². The number of rotatable bonds is 7. The molecule has 0 aromatic carbocycles. The molecule has 0 aliphatic carbocycles. The average molecular weight is 287 g/mol. The van der Waals surface area contributed by atoms with Gasteiger partial charge in [-0.2, -0.15) is 0 Å². The third-order valence-corrected chi connectivity index (χ3v) is 3.66. The number of sulfonamides is 1. The molecule has 0 spiro atoms. The van der Waals surface area contributed by atoms with Crippen LogP contribution >= 0.6 is 0 Å². The van der Waals surface area contributed by atoms with E-state index in [0.29, 0.717) is 12.4 Å². The molecule has 0 bridgehead atoms. The summed E-state index contributed by atoms with van der Waals surface area (Å²) in [5.41, 5.74) is 2.30. The van der Waals surface area contributed by atoms with E-state index in [4.69, 9.17) is 5.84 Å². The number of amides is 1. The highest BCUT2D eigenvalue weighted by Gasteiger charge is 2.14. The first-order valence-electron chi connectivity index (χ1n) is 5.68. The Morgan fingerprint density at radius 3 is 2.68 bits per heavy atom. The summed E-state index contributed by atoms with van der Waals surface area (Å²) in [4.78, 5) is 15.0. The Labute approximate surface area is 111 Å². The number of nitrogen functional groups attached to an aromatic ring is 1. The van der Waals surface area contributed by atoms with Crippen LogP contribution in [0, 0.1) is 0 Å². The number of pyridine rings is 1. The molecule has 0 unspecified atom stereocenters. The molecule has 1 heterocycles. The van der Waals surface area contributed by atoms with Crippen LogP contribution in [0.15, 0.2) is 23.2 Å². The van der Waals surface area contributed by atoms with Gasteiger partial charge in [0.05, 0.1) is 0 Å². The molecule has 0 atom stereocenters. The number of aromatic nitrogens is 1. The highest BCUT2D eigenvalue weighted by molar-refractivity contribution is 7.89. The maximum absolute atomic E-state index is 11.8. The third-order valence-electron chi connectivity index (χ3n) is 2.21. The van der Waals surface area contributed by atoms with Gasteiger partial charge in [0, 0.05) is 25.7 Å². The van der Waals surface area contributed by atoms with Crippen LogP contribution < -0.4 is 21.3 Å². The summed E-state index contributed by atoms with van der Waals surface area (Å²) < 4.78 is 26.0. The van der Waals surface area contributed by atoms with Crippen LogP contribution in [0.4, 0.5) is 5.82 Å². The minimum absolute atomic E-state index is 0.0161. The Bertz CT molecular complexity index is 514. The summed E-state index contributed by atoms with van der Waals surface area (Å²) in [5.74, 6) is 5.29. The maximum atomic E-state index is 11.8. The summed E-state index contributed by atoms with van der Waals surface area (Å²) in [6.45, 7) is 2.34. The lowest BCUT2D eigenvalue weighted by Gasteiger charge is -2.07. The van der Waals surface area contributed by atoms with Crippen LogP contribution in [0.25, 0.3) is 0 Å². The van der Waals surface area contributed by atoms with E-state index < -0.39 is 10.0 Å². The van der Waals surface area contributed by atoms with Crippen molar-refractivity contribution in [2.24, 2.45) is 5.84 Å². The molecule has 1 rings (SSSR count). The number of nitrogens with one attached hydrogen (secondary N) is 3. The molecule has 0 saturated carbocycles. The molecule has 0 fully saturated rings. The van der Waals surface area contributed by atoms with Gasteiger partial charge in [-0.3, -0.25) is 4.79 Å². The van der Waals surface area contributed by atoms with Crippen LogP contribution in [0.2, 0.25) is 0 Å². The van der Waals surface area contributed by atoms with Gasteiger partial charge in [0.25, 0.3) is 0 Å². The first-order valence-corrected chi connectivity index (χ1v) is 7.17. The van der Waals surface area contributed by atoms with Crippen molar-refractivity contribution in [2.45, 2.75) is 18.2 Å². The van der Waals surface area contributed by atoms with E-state index in [0.717, 1.165) is 0 Å². The fourth-order valence-electron chi connectivity index (χ4n) is 1.29. The van der Waals surface area contributed by atoms with E-state index in [1.165, 1.54) is 18.3 Å². The molecule has 0 aliphatic heterocycles. The van der Waals surface area contributed by atoms with Gasteiger partial charge >= 0.3 is 0 Å². The molecule has 106 valence electrons. The van der Waals surface area contributed by atoms with Crippen molar-refractivity contribution in [2.75, 3.05) is 18.5 Å². The standard InChI is InChI=1S/C10H17N5O3S/c1-2-12-10(16)5-6-14-19(17,18)8-3-4-9(15-11)13-7-8/h3-4,7,14H,2,5-6,11H2,1H3,(H,12,16)(H,13,15). The van der Waals surface area contributed by atoms with Gasteiger partial charge in [0.15, 0.2) is 0 Å². The molecule has 9 heteroatoms. The smallest absolute Gasteiger partial charge is 0.242 e. The predicted octanol–water partition coefficient (Wildman–Crippen LogP) is -0.828. The first kappa shape index (κ1) is 15.3. The number of nitrogens with zero attached hydrogens (tertiary/aromatic N) is 1. The highest BCUT2D eigenvalue weighted by atomic mass is 32.2. The van der Waals surface area contributed by atoms with Gasteiger partial charge in [0.2, 0.25) is 15.9 Å². The third kappa shape index (κ3) is 4.81. The molecule has 0 saturated heterocycles. The van der Waals surface area contributed by atoms with Gasteiger partial charge in [-0.25, -0.2) is 24.0 Å². The van der Waals surface area contributed by atoms with Crippen molar-refractivity contribution >= 4 is 21.7 Å². The van der Waals surface area contributed by atoms with Crippen molar-refractivity contribution in [3.8, 4) is 0 Å². The van der Waals surface area contributed by atoms with Crippen LogP contribution in [-0.4, -0.2) is 32.4 Å². The topological polar surface area (TPSA) is 126 Å². The number of anilines is 1. The van der Waals surface area contributed by atoms with Gasteiger partial charge < -0.3 is 10.7 Å². The molecule has 1 amide bonds. The molecule has 1 aromatic rings. The summed E-state index contributed by atoms with van der Waals surface area (Å²) in [6, 6.07) is 2.81. The predicted molar refractivity (Wildman–Crippen MR) is 70.5 cm³/mol. The summed E-state index contributed by atoms with van der Waals surface area (Å²) in [7, 11) is -3.66. The molecule has 0 aliphatic rings. The van der Waals surface area contributed by atoms with Gasteiger partial charge in [-0.15, -0.1) is 0 Å². The molecule has 19 heavy (non-hydrogen) atoms. The normalized spacial score (nSPS) is 11.1. The second kappa shape index (κ2) is 7.02. The van der Waals surface area contributed by atoms with Crippen molar-refractivity contribution in [1.29, 1.82) is 0 Å². The second-order valence-electron chi connectivity index (χ2n) is 3.62. The van der Waals surface area contributed by atoms with Gasteiger partial charge in [-0.1, -0.05) is 0 Å². The average Bonchev–Trinajstić information content (AvgIpc) is 2.39. The van der Waals surface area contributed by atoms with Crippen molar-refractivity contribution in [1.82, 2.24) is 15.0 Å². The zero-order chi connectivity index (χ0) is 14.3. The van der Waals surface area contributed by atoms with Crippen LogP contribution in [0.5, 0.6) is 0 Å². The maximum Gasteiger partial charge on any atom is 0.242 e. The Morgan fingerprint density at radius 2 is 2.16 bits per heavy atom. The van der Waals surface area contributed by atoms with E-state index in [1.54, 1.807) is 6.92 Å². The Morgan fingerprint density at radius 1 is 1.42 bits per heavy atom. The minimum Gasteiger partial charge on any atom is -0.356 e. The summed E-state index contributed by atoms with van der Waals surface area (Å²) in [6.07, 6.45) is 1.27. The van der Waals surface area contributed by atoms with Crippen molar-refractivity contribution in [3.05, 3.63) is 18.3 Å². The number of hydrazine groups is 1. The lowest BCUT2D eigenvalue weighted by molar-refractivity contribution is -0.120. The number of hydrogen-bond donors (Lipinski definition) is 4. The lowest BCUT2D eigenvalue weighted by Crippen LogP contribution is -2.30. The number of carbonyl (C=O) groups excluding carboxylic acids is 1. The highest BCUT2D eigenvalue weighted by Crippen LogP contribution is 2.09. The number of nitrogens with two attached hydrogens (primary N) is 1. The molecular weight excluding hydrogens is 270 g/mol. The fraction of sp³-hybridized carbons (Fsp3) is 0.400. The van der Waals surface area contributed by atoms with E-state index in [2.05, 4.69) is 20.4 Å². The Kier molecular flexibility index (Phi) is 5.67. The second-order valence-corrected chi connectivity index (χ2v) is 5.39. The zero-order valence-electron chi connectivity index (χ0n) is 10.5. The lowest BCUT2D eigenvalue weighted by atomic mass is 10.4. The molecule has 0 radical (unpaired) electrons. The number of carbonyl (C=O) groups is 1. The van der Waals surface area contributed by atoms with Gasteiger partial charge in [0.1, 0.15) is 10.7 Å². The Balaban J connectivity index is 2.57.